The fraction of sp³-hybridized carbons (Fsp3) is 0.455. The van der Waals surface area contributed by atoms with Gasteiger partial charge in [0.25, 0.3) is 0 Å². The van der Waals surface area contributed by atoms with Crippen LogP contribution in [0, 0.1) is 0 Å². The summed E-state index contributed by atoms with van der Waals surface area (Å²) in [5.41, 5.74) is 0.876. The molecule has 4 nitrogen and oxygen atoms in total. The van der Waals surface area contributed by atoms with E-state index in [-0.39, 0.29) is 5.75 Å². The Kier molecular flexibility index (Phi) is 3.61. The molecule has 6 heteroatoms. The van der Waals surface area contributed by atoms with E-state index in [0.717, 1.165) is 5.56 Å². The third-order valence-electron chi connectivity index (χ3n) is 2.78. The second kappa shape index (κ2) is 4.84. The van der Waals surface area contributed by atoms with Crippen molar-refractivity contribution in [3.8, 4) is 5.75 Å². The van der Waals surface area contributed by atoms with Gasteiger partial charge in [0.2, 0.25) is 10.0 Å². The lowest BCUT2D eigenvalue weighted by molar-refractivity contribution is 0.413. The summed E-state index contributed by atoms with van der Waals surface area (Å²) in [7, 11) is -1.51. The number of benzene rings is 1. The number of ether oxygens (including phenoxy) is 1. The van der Waals surface area contributed by atoms with Crippen LogP contribution in [0.1, 0.15) is 12.0 Å². The Morgan fingerprint density at radius 3 is 2.76 bits per heavy atom. The van der Waals surface area contributed by atoms with E-state index in [1.807, 2.05) is 6.07 Å². The molecule has 0 amide bonds. The van der Waals surface area contributed by atoms with Crippen molar-refractivity contribution in [1.82, 2.24) is 4.31 Å². The first kappa shape index (κ1) is 12.7. The molecule has 0 N–H and O–H groups in total. The topological polar surface area (TPSA) is 46.6 Å². The van der Waals surface area contributed by atoms with E-state index >= 15 is 0 Å². The van der Waals surface area contributed by atoms with Gasteiger partial charge in [0.1, 0.15) is 5.75 Å². The van der Waals surface area contributed by atoms with Crippen molar-refractivity contribution in [2.45, 2.75) is 13.0 Å². The number of hydrogen-bond donors (Lipinski definition) is 0. The van der Waals surface area contributed by atoms with E-state index in [1.165, 1.54) is 4.31 Å². The second-order valence-corrected chi connectivity index (χ2v) is 6.47. The molecule has 0 aromatic heterocycles. The molecule has 1 aliphatic rings. The maximum atomic E-state index is 11.6. The standard InChI is InChI=1S/C11H14ClNO3S/c1-16-11-4-3-9(7-10(11)12)8-13-5-2-6-17(13,14)15/h3-4,7H,2,5-6,8H2,1H3. The van der Waals surface area contributed by atoms with E-state index in [4.69, 9.17) is 16.3 Å². The summed E-state index contributed by atoms with van der Waals surface area (Å²) in [6, 6.07) is 5.33. The average Bonchev–Trinajstić information content (AvgIpc) is 2.59. The molecule has 2 rings (SSSR count). The summed E-state index contributed by atoms with van der Waals surface area (Å²) in [5.74, 6) is 0.844. The summed E-state index contributed by atoms with van der Waals surface area (Å²) in [6.07, 6.45) is 0.701. The third-order valence-corrected chi connectivity index (χ3v) is 4.98. The van der Waals surface area contributed by atoms with E-state index in [1.54, 1.807) is 19.2 Å². The van der Waals surface area contributed by atoms with Gasteiger partial charge in [-0.2, -0.15) is 4.31 Å². The van der Waals surface area contributed by atoms with Crippen LogP contribution in [-0.2, 0) is 16.6 Å². The van der Waals surface area contributed by atoms with Gasteiger partial charge in [-0.3, -0.25) is 0 Å². The zero-order chi connectivity index (χ0) is 12.5. The molecular formula is C11H14ClNO3S. The van der Waals surface area contributed by atoms with Crippen LogP contribution in [0.4, 0.5) is 0 Å². The zero-order valence-electron chi connectivity index (χ0n) is 9.52. The molecule has 0 unspecified atom stereocenters. The van der Waals surface area contributed by atoms with Gasteiger partial charge in [-0.25, -0.2) is 8.42 Å². The molecule has 1 saturated heterocycles. The highest BCUT2D eigenvalue weighted by molar-refractivity contribution is 7.89. The summed E-state index contributed by atoms with van der Waals surface area (Å²) < 4.78 is 29.8. The first-order valence-electron chi connectivity index (χ1n) is 5.33. The Labute approximate surface area is 106 Å². The van der Waals surface area contributed by atoms with Crippen molar-refractivity contribution in [2.75, 3.05) is 19.4 Å². The minimum absolute atomic E-state index is 0.247. The Morgan fingerprint density at radius 1 is 1.47 bits per heavy atom. The lowest BCUT2D eigenvalue weighted by Gasteiger charge is -2.14. The van der Waals surface area contributed by atoms with Crippen LogP contribution in [-0.4, -0.2) is 32.1 Å². The van der Waals surface area contributed by atoms with Crippen molar-refractivity contribution in [3.05, 3.63) is 28.8 Å². The minimum Gasteiger partial charge on any atom is -0.495 e. The van der Waals surface area contributed by atoms with Crippen LogP contribution < -0.4 is 4.74 Å². The van der Waals surface area contributed by atoms with Gasteiger partial charge in [0.05, 0.1) is 17.9 Å². The van der Waals surface area contributed by atoms with Gasteiger partial charge in [-0.15, -0.1) is 0 Å². The first-order chi connectivity index (χ1) is 8.03. The molecule has 1 heterocycles. The van der Waals surface area contributed by atoms with Crippen LogP contribution in [0.3, 0.4) is 0 Å². The Bertz CT molecular complexity index is 515. The molecule has 0 aliphatic carbocycles. The number of hydrogen-bond acceptors (Lipinski definition) is 3. The highest BCUT2D eigenvalue weighted by Gasteiger charge is 2.28. The third kappa shape index (κ3) is 2.73. The zero-order valence-corrected chi connectivity index (χ0v) is 11.1. The molecule has 1 fully saturated rings. The number of rotatable bonds is 3. The molecule has 94 valence electrons. The monoisotopic (exact) mass is 275 g/mol. The predicted molar refractivity (Wildman–Crippen MR) is 66.8 cm³/mol. The Hall–Kier alpha value is -0.780. The van der Waals surface area contributed by atoms with Crippen molar-refractivity contribution >= 4 is 21.6 Å². The molecule has 0 atom stereocenters. The van der Waals surface area contributed by atoms with E-state index < -0.39 is 10.0 Å². The molecule has 0 saturated carbocycles. The van der Waals surface area contributed by atoms with Crippen molar-refractivity contribution < 1.29 is 13.2 Å². The van der Waals surface area contributed by atoms with E-state index in [2.05, 4.69) is 0 Å². The van der Waals surface area contributed by atoms with Crippen molar-refractivity contribution in [2.24, 2.45) is 0 Å². The molecule has 0 radical (unpaired) electrons. The van der Waals surface area contributed by atoms with Gasteiger partial charge >= 0.3 is 0 Å². The summed E-state index contributed by atoms with van der Waals surface area (Å²) in [4.78, 5) is 0. The van der Waals surface area contributed by atoms with Crippen molar-refractivity contribution in [1.29, 1.82) is 0 Å². The maximum Gasteiger partial charge on any atom is 0.214 e. The number of sulfonamides is 1. The molecule has 1 aliphatic heterocycles. The summed E-state index contributed by atoms with van der Waals surface area (Å²) in [6.45, 7) is 0.970. The first-order valence-corrected chi connectivity index (χ1v) is 7.32. The molecule has 1 aromatic carbocycles. The number of halogens is 1. The maximum absolute atomic E-state index is 11.6. The van der Waals surface area contributed by atoms with E-state index in [9.17, 15) is 8.42 Å². The SMILES string of the molecule is COc1ccc(CN2CCCS2(=O)=O)cc1Cl. The van der Waals surface area contributed by atoms with Gasteiger partial charge in [0.15, 0.2) is 0 Å². The molecular weight excluding hydrogens is 262 g/mol. The Balaban J connectivity index is 2.17. The normalized spacial score (nSPS) is 19.4. The van der Waals surface area contributed by atoms with Crippen LogP contribution >= 0.6 is 11.6 Å². The lowest BCUT2D eigenvalue weighted by Crippen LogP contribution is -2.25. The average molecular weight is 276 g/mol. The van der Waals surface area contributed by atoms with Gasteiger partial charge < -0.3 is 4.74 Å². The fourth-order valence-electron chi connectivity index (χ4n) is 1.88. The highest BCUT2D eigenvalue weighted by atomic mass is 35.5. The molecule has 0 spiro atoms. The van der Waals surface area contributed by atoms with Crippen LogP contribution in [0.15, 0.2) is 18.2 Å². The van der Waals surface area contributed by atoms with Crippen LogP contribution in [0.5, 0.6) is 5.75 Å². The number of methoxy groups -OCH3 is 1. The Morgan fingerprint density at radius 2 is 2.24 bits per heavy atom. The predicted octanol–water partition coefficient (Wildman–Crippen LogP) is 1.88. The van der Waals surface area contributed by atoms with Crippen molar-refractivity contribution in [3.63, 3.8) is 0 Å². The summed E-state index contributed by atoms with van der Waals surface area (Å²) >= 11 is 5.99. The van der Waals surface area contributed by atoms with Crippen LogP contribution in [0.2, 0.25) is 5.02 Å². The van der Waals surface area contributed by atoms with Gasteiger partial charge in [0, 0.05) is 13.1 Å². The molecule has 1 aromatic rings. The second-order valence-electron chi connectivity index (χ2n) is 3.97. The van der Waals surface area contributed by atoms with Crippen LogP contribution in [0.25, 0.3) is 0 Å². The molecule has 17 heavy (non-hydrogen) atoms. The largest absolute Gasteiger partial charge is 0.495 e. The van der Waals surface area contributed by atoms with E-state index in [0.29, 0.717) is 30.3 Å². The van der Waals surface area contributed by atoms with Gasteiger partial charge in [-0.1, -0.05) is 17.7 Å². The van der Waals surface area contributed by atoms with Gasteiger partial charge in [-0.05, 0) is 24.1 Å². The highest BCUT2D eigenvalue weighted by Crippen LogP contribution is 2.26. The minimum atomic E-state index is -3.05. The lowest BCUT2D eigenvalue weighted by atomic mass is 10.2. The summed E-state index contributed by atoms with van der Waals surface area (Å²) in [5, 5.41) is 0.501. The smallest absolute Gasteiger partial charge is 0.214 e. The molecule has 0 bridgehead atoms. The fourth-order valence-corrected chi connectivity index (χ4v) is 3.67. The quantitative estimate of drug-likeness (QED) is 0.846. The number of nitrogens with zero attached hydrogens (tertiary/aromatic N) is 1.